The summed E-state index contributed by atoms with van der Waals surface area (Å²) in [6.07, 6.45) is -2.00. The van der Waals surface area contributed by atoms with Crippen molar-refractivity contribution in [1.82, 2.24) is 0 Å². The monoisotopic (exact) mass is 188 g/mol. The third-order valence-corrected chi connectivity index (χ3v) is 1.58. The zero-order chi connectivity index (χ0) is 9.84. The van der Waals surface area contributed by atoms with Crippen LogP contribution in [0.5, 0.6) is 0 Å². The summed E-state index contributed by atoms with van der Waals surface area (Å²) in [6, 6.07) is 2.81. The van der Waals surface area contributed by atoms with E-state index in [9.17, 15) is 18.0 Å². The van der Waals surface area contributed by atoms with Crippen LogP contribution in [0.2, 0.25) is 0 Å². The molecule has 0 spiro atoms. The fraction of sp³-hybridized carbons (Fsp3) is 0.222. The molecule has 0 aliphatic rings. The molecule has 0 aromatic heterocycles. The summed E-state index contributed by atoms with van der Waals surface area (Å²) in [7, 11) is 0. The number of benzene rings is 1. The predicted octanol–water partition coefficient (Wildman–Crippen LogP) is 2.04. The van der Waals surface area contributed by atoms with Gasteiger partial charge in [-0.1, -0.05) is 6.07 Å². The fourth-order valence-electron chi connectivity index (χ4n) is 0.945. The molecular formula is C9H7F3O. The molecule has 0 aliphatic carbocycles. The second-order valence-corrected chi connectivity index (χ2v) is 2.59. The molecule has 1 nitrogen and oxygen atoms in total. The maximum atomic E-state index is 12.8. The van der Waals surface area contributed by atoms with Gasteiger partial charge in [-0.25, -0.2) is 13.2 Å². The second kappa shape index (κ2) is 4.07. The van der Waals surface area contributed by atoms with E-state index in [0.29, 0.717) is 6.07 Å². The van der Waals surface area contributed by atoms with Crippen LogP contribution < -0.4 is 0 Å². The van der Waals surface area contributed by atoms with Crippen LogP contribution in [0, 0.1) is 11.6 Å². The van der Waals surface area contributed by atoms with Gasteiger partial charge in [0.25, 0.3) is 0 Å². The first-order valence-corrected chi connectivity index (χ1v) is 3.67. The predicted molar refractivity (Wildman–Crippen MR) is 41.0 cm³/mol. The number of aldehydes is 1. The van der Waals surface area contributed by atoms with E-state index in [1.165, 1.54) is 0 Å². The maximum absolute atomic E-state index is 12.8. The molecule has 13 heavy (non-hydrogen) atoms. The average molecular weight is 188 g/mol. The van der Waals surface area contributed by atoms with Crippen LogP contribution in [0.1, 0.15) is 5.56 Å². The molecule has 0 aliphatic heterocycles. The summed E-state index contributed by atoms with van der Waals surface area (Å²) in [5.41, 5.74) is 0.000926. The van der Waals surface area contributed by atoms with Gasteiger partial charge in [-0.3, -0.25) is 0 Å². The van der Waals surface area contributed by atoms with Crippen molar-refractivity contribution in [3.8, 4) is 0 Å². The normalized spacial score (nSPS) is 12.5. The maximum Gasteiger partial charge on any atom is 0.159 e. The van der Waals surface area contributed by atoms with Crippen molar-refractivity contribution in [2.24, 2.45) is 0 Å². The molecule has 0 heterocycles. The van der Waals surface area contributed by atoms with Gasteiger partial charge in [-0.15, -0.1) is 0 Å². The summed E-state index contributed by atoms with van der Waals surface area (Å²) < 4.78 is 37.7. The highest BCUT2D eigenvalue weighted by atomic mass is 19.1. The first-order valence-electron chi connectivity index (χ1n) is 3.67. The van der Waals surface area contributed by atoms with Gasteiger partial charge >= 0.3 is 0 Å². The third kappa shape index (κ3) is 2.57. The van der Waals surface area contributed by atoms with Gasteiger partial charge in [0.1, 0.15) is 11.6 Å². The largest absolute Gasteiger partial charge is 0.300 e. The number of alkyl halides is 1. The zero-order valence-corrected chi connectivity index (χ0v) is 6.64. The number of halogens is 3. The van der Waals surface area contributed by atoms with E-state index in [0.717, 1.165) is 12.1 Å². The van der Waals surface area contributed by atoms with Crippen LogP contribution in [0.4, 0.5) is 13.2 Å². The van der Waals surface area contributed by atoms with E-state index < -0.39 is 17.8 Å². The van der Waals surface area contributed by atoms with Crippen molar-refractivity contribution in [2.75, 3.05) is 0 Å². The molecule has 70 valence electrons. The summed E-state index contributed by atoms with van der Waals surface area (Å²) in [4.78, 5) is 9.92. The Balaban J connectivity index is 2.83. The molecule has 0 saturated carbocycles. The lowest BCUT2D eigenvalue weighted by Gasteiger charge is -2.02. The van der Waals surface area contributed by atoms with Crippen LogP contribution in [0.15, 0.2) is 18.2 Å². The van der Waals surface area contributed by atoms with Crippen molar-refractivity contribution in [1.29, 1.82) is 0 Å². The van der Waals surface area contributed by atoms with Crippen LogP contribution in [0.25, 0.3) is 0 Å². The number of rotatable bonds is 3. The van der Waals surface area contributed by atoms with E-state index in [4.69, 9.17) is 0 Å². The first-order chi connectivity index (χ1) is 6.13. The van der Waals surface area contributed by atoms with Gasteiger partial charge in [-0.05, 0) is 11.6 Å². The van der Waals surface area contributed by atoms with Crippen molar-refractivity contribution in [3.05, 3.63) is 35.4 Å². The minimum Gasteiger partial charge on any atom is -0.300 e. The molecule has 0 N–H and O–H groups in total. The molecule has 0 bridgehead atoms. The molecule has 1 atom stereocenters. The summed E-state index contributed by atoms with van der Waals surface area (Å²) in [6.45, 7) is 0. The molecule has 0 fully saturated rings. The average Bonchev–Trinajstić information content (AvgIpc) is 2.09. The highest BCUT2D eigenvalue weighted by Crippen LogP contribution is 2.12. The van der Waals surface area contributed by atoms with Crippen LogP contribution in [-0.4, -0.2) is 12.5 Å². The summed E-state index contributed by atoms with van der Waals surface area (Å²) in [5.74, 6) is -1.55. The topological polar surface area (TPSA) is 17.1 Å². The van der Waals surface area contributed by atoms with E-state index in [1.807, 2.05) is 0 Å². The Hall–Kier alpha value is -1.32. The third-order valence-electron chi connectivity index (χ3n) is 1.58. The van der Waals surface area contributed by atoms with Crippen LogP contribution in [0.3, 0.4) is 0 Å². The van der Waals surface area contributed by atoms with Gasteiger partial charge in [0, 0.05) is 12.5 Å². The fourth-order valence-corrected chi connectivity index (χ4v) is 0.945. The molecule has 1 rings (SSSR count). The quantitative estimate of drug-likeness (QED) is 0.663. The van der Waals surface area contributed by atoms with Gasteiger partial charge < -0.3 is 4.79 Å². The van der Waals surface area contributed by atoms with E-state index in [1.54, 1.807) is 0 Å². The van der Waals surface area contributed by atoms with Crippen LogP contribution in [-0.2, 0) is 11.2 Å². The Morgan fingerprint density at radius 2 is 2.08 bits per heavy atom. The van der Waals surface area contributed by atoms with Gasteiger partial charge in [0.15, 0.2) is 12.5 Å². The van der Waals surface area contributed by atoms with Crippen molar-refractivity contribution in [2.45, 2.75) is 12.6 Å². The Bertz CT molecular complexity index is 312. The molecular weight excluding hydrogens is 181 g/mol. The smallest absolute Gasteiger partial charge is 0.159 e. The van der Waals surface area contributed by atoms with Gasteiger partial charge in [0.2, 0.25) is 0 Å². The number of carbonyl (C=O) groups is 1. The number of carbonyl (C=O) groups excluding carboxylic acids is 1. The molecule has 1 aromatic carbocycles. The lowest BCUT2D eigenvalue weighted by Crippen LogP contribution is -2.07. The second-order valence-electron chi connectivity index (χ2n) is 2.59. The van der Waals surface area contributed by atoms with Crippen LogP contribution >= 0.6 is 0 Å². The Labute approximate surface area is 73.2 Å². The summed E-state index contributed by atoms with van der Waals surface area (Å²) >= 11 is 0. The number of hydrogen-bond acceptors (Lipinski definition) is 1. The van der Waals surface area contributed by atoms with E-state index in [-0.39, 0.29) is 18.3 Å². The highest BCUT2D eigenvalue weighted by Gasteiger charge is 2.10. The van der Waals surface area contributed by atoms with E-state index >= 15 is 0 Å². The van der Waals surface area contributed by atoms with Gasteiger partial charge in [0.05, 0.1) is 0 Å². The lowest BCUT2D eigenvalue weighted by atomic mass is 10.1. The zero-order valence-electron chi connectivity index (χ0n) is 6.64. The highest BCUT2D eigenvalue weighted by molar-refractivity contribution is 5.56. The van der Waals surface area contributed by atoms with Crippen molar-refractivity contribution in [3.63, 3.8) is 0 Å². The van der Waals surface area contributed by atoms with E-state index in [2.05, 4.69) is 0 Å². The number of hydrogen-bond donors (Lipinski definition) is 0. The Morgan fingerprint density at radius 3 is 2.62 bits per heavy atom. The Morgan fingerprint density at radius 1 is 1.38 bits per heavy atom. The molecule has 1 unspecified atom stereocenters. The molecule has 0 saturated heterocycles. The molecule has 4 heteroatoms. The molecule has 1 aromatic rings. The lowest BCUT2D eigenvalue weighted by molar-refractivity contribution is -0.111. The SMILES string of the molecule is O=CC(F)Cc1ccc(F)cc1F. The van der Waals surface area contributed by atoms with Gasteiger partial charge in [-0.2, -0.15) is 0 Å². The first kappa shape index (κ1) is 9.77. The summed E-state index contributed by atoms with van der Waals surface area (Å²) in [5, 5.41) is 0. The standard InChI is InChI=1S/C9H7F3O/c10-7-2-1-6(9(12)4-7)3-8(11)5-13/h1-2,4-5,8H,3H2. The van der Waals surface area contributed by atoms with Crippen molar-refractivity contribution < 1.29 is 18.0 Å². The molecule has 0 radical (unpaired) electrons. The minimum atomic E-state index is -1.74. The molecule has 0 amide bonds. The Kier molecular flexibility index (Phi) is 3.06. The minimum absolute atomic E-state index is 0.000926. The van der Waals surface area contributed by atoms with Crippen molar-refractivity contribution >= 4 is 6.29 Å².